The van der Waals surface area contributed by atoms with Gasteiger partial charge in [0.25, 0.3) is 0 Å². The number of hydrogen-bond donors (Lipinski definition) is 0. The van der Waals surface area contributed by atoms with Crippen LogP contribution in [0, 0.1) is 0 Å². The van der Waals surface area contributed by atoms with Gasteiger partial charge in [-0.2, -0.15) is 0 Å². The first-order valence-corrected chi connectivity index (χ1v) is 18.5. The van der Waals surface area contributed by atoms with Crippen LogP contribution in [-0.4, -0.2) is 55.8 Å². The van der Waals surface area contributed by atoms with Crippen molar-refractivity contribution < 1.29 is 22.8 Å². The maximum Gasteiger partial charge on any atom is 0.340 e. The van der Waals surface area contributed by atoms with Crippen LogP contribution in [0.4, 0.5) is 0 Å². The van der Waals surface area contributed by atoms with Gasteiger partial charge in [-0.25, -0.2) is 4.79 Å². The first kappa shape index (κ1) is 21.0. The fourth-order valence-electron chi connectivity index (χ4n) is 2.34. The minimum atomic E-state index is -1.92. The molecule has 1 rings (SSSR count). The van der Waals surface area contributed by atoms with Crippen molar-refractivity contribution in [2.45, 2.75) is 77.0 Å². The average molecular weight is 379 g/mol. The van der Waals surface area contributed by atoms with Gasteiger partial charge in [0.15, 0.2) is 30.6 Å². The predicted octanol–water partition coefficient (Wildman–Crippen LogP) is 3.60. The number of rotatable bonds is 8. The van der Waals surface area contributed by atoms with Crippen LogP contribution in [0.2, 0.25) is 58.9 Å². The van der Waals surface area contributed by atoms with Crippen molar-refractivity contribution in [1.82, 2.24) is 0 Å². The van der Waals surface area contributed by atoms with Crippen LogP contribution in [0.15, 0.2) is 0 Å². The second kappa shape index (κ2) is 7.09. The zero-order chi connectivity index (χ0) is 18.1. The summed E-state index contributed by atoms with van der Waals surface area (Å²) in [7, 11) is -5.30. The van der Waals surface area contributed by atoms with Gasteiger partial charge in [-0.15, -0.1) is 0 Å². The first-order valence-electron chi connectivity index (χ1n) is 8.31. The van der Waals surface area contributed by atoms with Crippen molar-refractivity contribution in [2.24, 2.45) is 0 Å². The Hall–Kier alpha value is 0.000649. The van der Waals surface area contributed by atoms with Gasteiger partial charge in [-0.05, 0) is 58.9 Å². The van der Waals surface area contributed by atoms with Gasteiger partial charge >= 0.3 is 5.97 Å². The molecule has 0 aromatic carbocycles. The van der Waals surface area contributed by atoms with E-state index < -0.39 is 30.6 Å². The molecule has 1 aliphatic rings. The molecule has 1 fully saturated rings. The number of cyclic esters (lactones) is 1. The highest BCUT2D eigenvalue weighted by Crippen LogP contribution is 2.34. The van der Waals surface area contributed by atoms with Crippen LogP contribution in [0.25, 0.3) is 0 Å². The standard InChI is InChI=1S/C15H34O5Si3/c1-21(2,3)17-11-13-10-15(14(16)19-13,20-23(7,8)9)12-18-22(4,5)6/h13H,10-12H2,1-9H3/t13-,15?/m1/s1. The van der Waals surface area contributed by atoms with Gasteiger partial charge in [-0.3, -0.25) is 0 Å². The Morgan fingerprint density at radius 1 is 0.957 bits per heavy atom. The lowest BCUT2D eigenvalue weighted by molar-refractivity contribution is -0.156. The van der Waals surface area contributed by atoms with Gasteiger partial charge in [-0.1, -0.05) is 0 Å². The molecule has 0 aliphatic carbocycles. The van der Waals surface area contributed by atoms with Crippen LogP contribution in [0.1, 0.15) is 6.42 Å². The third-order valence-electron chi connectivity index (χ3n) is 3.15. The Balaban J connectivity index is 2.85. The van der Waals surface area contributed by atoms with Gasteiger partial charge in [0.2, 0.25) is 0 Å². The molecule has 5 nitrogen and oxygen atoms in total. The summed E-state index contributed by atoms with van der Waals surface area (Å²) in [6, 6.07) is 0. The van der Waals surface area contributed by atoms with E-state index in [4.69, 9.17) is 18.0 Å². The minimum Gasteiger partial charge on any atom is -0.458 e. The van der Waals surface area contributed by atoms with Crippen molar-refractivity contribution >= 4 is 30.9 Å². The lowest BCUT2D eigenvalue weighted by Gasteiger charge is -2.34. The highest BCUT2D eigenvalue weighted by Gasteiger charge is 2.53. The molecule has 1 saturated heterocycles. The molecule has 0 N–H and O–H groups in total. The third kappa shape index (κ3) is 7.61. The number of carbonyl (C=O) groups is 1. The molecule has 8 heteroatoms. The Morgan fingerprint density at radius 3 is 1.91 bits per heavy atom. The lowest BCUT2D eigenvalue weighted by Crippen LogP contribution is -2.51. The largest absolute Gasteiger partial charge is 0.458 e. The quantitative estimate of drug-likeness (QED) is 0.477. The molecular weight excluding hydrogens is 344 g/mol. The summed E-state index contributed by atoms with van der Waals surface area (Å²) in [6.45, 7) is 19.7. The number of esters is 1. The van der Waals surface area contributed by atoms with Crippen LogP contribution < -0.4 is 0 Å². The Kier molecular flexibility index (Phi) is 6.48. The van der Waals surface area contributed by atoms with Crippen molar-refractivity contribution in [1.29, 1.82) is 0 Å². The molecule has 0 saturated carbocycles. The molecule has 1 unspecified atom stereocenters. The van der Waals surface area contributed by atoms with E-state index in [-0.39, 0.29) is 18.7 Å². The number of ether oxygens (including phenoxy) is 1. The van der Waals surface area contributed by atoms with E-state index in [1.54, 1.807) is 0 Å². The zero-order valence-corrected chi connectivity index (χ0v) is 19.2. The summed E-state index contributed by atoms with van der Waals surface area (Å²) in [5, 5.41) is 0. The topological polar surface area (TPSA) is 54.0 Å². The molecule has 1 heterocycles. The van der Waals surface area contributed by atoms with Crippen molar-refractivity contribution in [3.63, 3.8) is 0 Å². The Morgan fingerprint density at radius 2 is 1.48 bits per heavy atom. The van der Waals surface area contributed by atoms with E-state index in [1.807, 2.05) is 0 Å². The lowest BCUT2D eigenvalue weighted by atomic mass is 10.0. The third-order valence-corrected chi connectivity index (χ3v) is 6.19. The predicted molar refractivity (Wildman–Crippen MR) is 100 cm³/mol. The van der Waals surface area contributed by atoms with Gasteiger partial charge in [0.05, 0.1) is 13.2 Å². The van der Waals surface area contributed by atoms with E-state index in [1.165, 1.54) is 0 Å². The van der Waals surface area contributed by atoms with E-state index in [0.29, 0.717) is 13.0 Å². The summed E-state index contributed by atoms with van der Waals surface area (Å²) >= 11 is 0. The molecule has 0 bridgehead atoms. The van der Waals surface area contributed by atoms with Crippen LogP contribution in [0.5, 0.6) is 0 Å². The maximum atomic E-state index is 12.6. The Bertz CT molecular complexity index is 422. The second-order valence-electron chi connectivity index (χ2n) is 9.26. The molecule has 0 radical (unpaired) electrons. The van der Waals surface area contributed by atoms with Crippen molar-refractivity contribution in [2.75, 3.05) is 13.2 Å². The van der Waals surface area contributed by atoms with Crippen LogP contribution in [0.3, 0.4) is 0 Å². The van der Waals surface area contributed by atoms with E-state index in [2.05, 4.69) is 58.9 Å². The molecule has 0 aromatic heterocycles. The summed E-state index contributed by atoms with van der Waals surface area (Å²) in [5.74, 6) is -0.289. The van der Waals surface area contributed by atoms with E-state index in [9.17, 15) is 4.79 Å². The monoisotopic (exact) mass is 378 g/mol. The first-order chi connectivity index (χ1) is 10.1. The van der Waals surface area contributed by atoms with E-state index in [0.717, 1.165) is 0 Å². The SMILES string of the molecule is C[Si](C)(C)OC[C@H]1CC(CO[Si](C)(C)C)(O[Si](C)(C)C)C(=O)O1. The average Bonchev–Trinajstić information content (AvgIpc) is 2.58. The molecule has 2 atom stereocenters. The second-order valence-corrected chi connectivity index (χ2v) is 22.7. The summed E-state index contributed by atoms with van der Waals surface area (Å²) in [6.07, 6.45) is 0.279. The molecular formula is C15H34O5Si3. The fourth-order valence-corrected chi connectivity index (χ4v) is 5.09. The summed E-state index contributed by atoms with van der Waals surface area (Å²) in [5.41, 5.74) is -0.960. The van der Waals surface area contributed by atoms with Gasteiger partial charge in [0, 0.05) is 6.42 Å². The molecule has 136 valence electrons. The molecule has 0 aromatic rings. The smallest absolute Gasteiger partial charge is 0.340 e. The van der Waals surface area contributed by atoms with Gasteiger partial charge < -0.3 is 18.0 Å². The van der Waals surface area contributed by atoms with E-state index >= 15 is 0 Å². The molecule has 23 heavy (non-hydrogen) atoms. The Labute approximate surface area is 144 Å². The molecule has 0 spiro atoms. The zero-order valence-electron chi connectivity index (χ0n) is 16.2. The normalized spacial score (nSPS) is 26.5. The van der Waals surface area contributed by atoms with Crippen LogP contribution in [-0.2, 0) is 22.8 Å². The number of carbonyl (C=O) groups excluding carboxylic acids is 1. The highest BCUT2D eigenvalue weighted by molar-refractivity contribution is 6.70. The molecule has 1 aliphatic heterocycles. The summed E-state index contributed by atoms with van der Waals surface area (Å²) < 4.78 is 23.8. The van der Waals surface area contributed by atoms with Crippen molar-refractivity contribution in [3.8, 4) is 0 Å². The maximum absolute atomic E-state index is 12.6. The van der Waals surface area contributed by atoms with Crippen LogP contribution >= 0.6 is 0 Å². The van der Waals surface area contributed by atoms with Crippen molar-refractivity contribution in [3.05, 3.63) is 0 Å². The highest BCUT2D eigenvalue weighted by atomic mass is 28.4. The summed E-state index contributed by atoms with van der Waals surface area (Å²) in [4.78, 5) is 12.6. The van der Waals surface area contributed by atoms with Gasteiger partial charge in [0.1, 0.15) is 6.10 Å². The molecule has 0 amide bonds. The number of hydrogen-bond acceptors (Lipinski definition) is 5. The fraction of sp³-hybridized carbons (Fsp3) is 0.933. The minimum absolute atomic E-state index is 0.240.